The van der Waals surface area contributed by atoms with E-state index in [0.29, 0.717) is 0 Å². The molecule has 0 fully saturated rings. The minimum absolute atomic E-state index is 1.01. The number of aryl methyl sites for hydroxylation is 2. The molecular weight excluding hydrogens is 439 g/mol. The Morgan fingerprint density at radius 2 is 0.889 bits per heavy atom. The van der Waals surface area contributed by atoms with E-state index in [1.807, 2.05) is 0 Å². The molecule has 0 bridgehead atoms. The van der Waals surface area contributed by atoms with Crippen molar-refractivity contribution in [1.82, 2.24) is 0 Å². The van der Waals surface area contributed by atoms with Crippen LogP contribution in [0.4, 0.5) is 0 Å². The molecule has 2 rings (SSSR count). The third-order valence-corrected chi connectivity index (χ3v) is 7.18. The first kappa shape index (κ1) is 22.1. The number of rotatable bonds is 10. The second kappa shape index (κ2) is 11.0. The molecule has 0 aliphatic rings. The average Bonchev–Trinajstić information content (AvgIpc) is 2.72. The molecule has 2 nitrogen and oxygen atoms in total. The molecule has 0 saturated heterocycles. The van der Waals surface area contributed by atoms with Crippen molar-refractivity contribution in [2.75, 3.05) is 0 Å². The minimum atomic E-state index is -1.44. The average molecular weight is 473 g/mol. The molecule has 0 aromatic heterocycles. The van der Waals surface area contributed by atoms with Crippen LogP contribution >= 0.6 is 0 Å². The summed E-state index contributed by atoms with van der Waals surface area (Å²) in [5.41, 5.74) is 8.56. The van der Waals surface area contributed by atoms with E-state index < -0.39 is 22.0 Å². The monoisotopic (exact) mass is 474 g/mol. The summed E-state index contributed by atoms with van der Waals surface area (Å²) in [7, 11) is 0. The molecule has 0 atom stereocenters. The summed E-state index contributed by atoms with van der Waals surface area (Å²) in [5.74, 6) is 2.08. The van der Waals surface area contributed by atoms with Crippen LogP contribution in [0.15, 0.2) is 24.3 Å². The second-order valence-electron chi connectivity index (χ2n) is 6.77. The predicted octanol–water partition coefficient (Wildman–Crippen LogP) is 6.05. The normalized spacial score (nSPS) is 10.9. The van der Waals surface area contributed by atoms with Crippen molar-refractivity contribution >= 4 is 22.0 Å². The van der Waals surface area contributed by atoms with E-state index in [1.165, 1.54) is 33.4 Å². The van der Waals surface area contributed by atoms with Gasteiger partial charge in [0, 0.05) is 0 Å². The van der Waals surface area contributed by atoms with Gasteiger partial charge in [0.05, 0.1) is 0 Å². The summed E-state index contributed by atoms with van der Waals surface area (Å²) in [6, 6.07) is 8.77. The third-order valence-electron chi connectivity index (χ3n) is 5.45. The quantitative estimate of drug-likeness (QED) is 0.391. The third kappa shape index (κ3) is 5.01. The van der Waals surface area contributed by atoms with Crippen LogP contribution in [-0.4, -0.2) is 22.0 Å². The zero-order chi connectivity index (χ0) is 19.8. The van der Waals surface area contributed by atoms with Gasteiger partial charge >= 0.3 is 177 Å². The zero-order valence-corrected chi connectivity index (χ0v) is 20.7. The first-order valence-electron chi connectivity index (χ1n) is 10.5. The summed E-state index contributed by atoms with van der Waals surface area (Å²) in [6.45, 7) is 13.4. The van der Waals surface area contributed by atoms with Gasteiger partial charge in [-0.2, -0.15) is 0 Å². The Bertz CT molecular complexity index is 689. The van der Waals surface area contributed by atoms with Crippen LogP contribution in [0.3, 0.4) is 0 Å². The first-order chi connectivity index (χ1) is 13.1. The Morgan fingerprint density at radius 3 is 1.19 bits per heavy atom. The molecule has 27 heavy (non-hydrogen) atoms. The van der Waals surface area contributed by atoms with E-state index >= 15 is 0 Å². The van der Waals surface area contributed by atoms with Crippen molar-refractivity contribution < 1.29 is 6.15 Å². The summed E-state index contributed by atoms with van der Waals surface area (Å²) < 4.78 is 12.5. The molecule has 2 aromatic rings. The SMILES string of the molecule is CCc1ccc([O][Sn][O]c2ccc(CC)c(CC)c2CC)c(CC)c1CC. The van der Waals surface area contributed by atoms with E-state index in [1.54, 1.807) is 0 Å². The van der Waals surface area contributed by atoms with Gasteiger partial charge in [-0.15, -0.1) is 0 Å². The number of benzene rings is 2. The molecular formula is C24H34O2Sn. The summed E-state index contributed by atoms with van der Waals surface area (Å²) in [4.78, 5) is 0. The number of hydrogen-bond acceptors (Lipinski definition) is 2. The van der Waals surface area contributed by atoms with E-state index in [9.17, 15) is 0 Å². The van der Waals surface area contributed by atoms with E-state index in [0.717, 1.165) is 50.0 Å². The maximum absolute atomic E-state index is 6.25. The van der Waals surface area contributed by atoms with Crippen LogP contribution < -0.4 is 6.15 Å². The van der Waals surface area contributed by atoms with Crippen molar-refractivity contribution in [2.24, 2.45) is 0 Å². The summed E-state index contributed by atoms with van der Waals surface area (Å²) >= 11 is -1.44. The summed E-state index contributed by atoms with van der Waals surface area (Å²) in [6.07, 6.45) is 6.31. The molecule has 2 aromatic carbocycles. The molecule has 146 valence electrons. The van der Waals surface area contributed by atoms with Crippen LogP contribution in [0.25, 0.3) is 0 Å². The van der Waals surface area contributed by atoms with Gasteiger partial charge in [0.2, 0.25) is 0 Å². The molecule has 0 aliphatic heterocycles. The van der Waals surface area contributed by atoms with Gasteiger partial charge in [-0.25, -0.2) is 0 Å². The first-order valence-corrected chi connectivity index (χ1v) is 12.8. The Hall–Kier alpha value is -1.16. The van der Waals surface area contributed by atoms with Gasteiger partial charge in [0.25, 0.3) is 0 Å². The molecule has 0 spiro atoms. The molecule has 2 radical (unpaired) electrons. The molecule has 0 aliphatic carbocycles. The van der Waals surface area contributed by atoms with Crippen molar-refractivity contribution in [3.8, 4) is 11.5 Å². The van der Waals surface area contributed by atoms with Crippen molar-refractivity contribution in [3.05, 3.63) is 57.6 Å². The summed E-state index contributed by atoms with van der Waals surface area (Å²) in [5, 5.41) is 0. The predicted molar refractivity (Wildman–Crippen MR) is 116 cm³/mol. The Kier molecular flexibility index (Phi) is 9.01. The molecule has 0 amide bonds. The maximum atomic E-state index is 6.25. The second-order valence-corrected chi connectivity index (χ2v) is 8.41. The Labute approximate surface area is 177 Å². The fraction of sp³-hybridized carbons (Fsp3) is 0.500. The van der Waals surface area contributed by atoms with E-state index in [2.05, 4.69) is 65.8 Å². The van der Waals surface area contributed by atoms with Crippen LogP contribution in [-0.2, 0) is 38.5 Å². The van der Waals surface area contributed by atoms with Gasteiger partial charge in [-0.1, -0.05) is 0 Å². The molecule has 0 saturated carbocycles. The molecule has 0 N–H and O–H groups in total. The van der Waals surface area contributed by atoms with Crippen LogP contribution in [0, 0.1) is 0 Å². The van der Waals surface area contributed by atoms with Gasteiger partial charge in [-0.3, -0.25) is 0 Å². The van der Waals surface area contributed by atoms with Crippen LogP contribution in [0.5, 0.6) is 11.5 Å². The van der Waals surface area contributed by atoms with Crippen LogP contribution in [0.2, 0.25) is 0 Å². The van der Waals surface area contributed by atoms with E-state index in [-0.39, 0.29) is 0 Å². The Balaban J connectivity index is 2.20. The topological polar surface area (TPSA) is 18.5 Å². The van der Waals surface area contributed by atoms with Gasteiger partial charge in [0.15, 0.2) is 0 Å². The fourth-order valence-corrected chi connectivity index (χ4v) is 5.78. The molecule has 0 heterocycles. The van der Waals surface area contributed by atoms with Crippen molar-refractivity contribution in [2.45, 2.75) is 80.1 Å². The van der Waals surface area contributed by atoms with Crippen molar-refractivity contribution in [3.63, 3.8) is 0 Å². The van der Waals surface area contributed by atoms with Gasteiger partial charge < -0.3 is 0 Å². The van der Waals surface area contributed by atoms with Crippen molar-refractivity contribution in [1.29, 1.82) is 0 Å². The zero-order valence-electron chi connectivity index (χ0n) is 17.9. The molecule has 3 heteroatoms. The molecule has 0 unspecified atom stereocenters. The van der Waals surface area contributed by atoms with Crippen LogP contribution in [0.1, 0.15) is 74.9 Å². The van der Waals surface area contributed by atoms with Gasteiger partial charge in [0.1, 0.15) is 0 Å². The van der Waals surface area contributed by atoms with Gasteiger partial charge in [-0.05, 0) is 0 Å². The standard InChI is InChI=1S/2C12H18O.Sn/c2*1-4-9-7-8-12(13)11(6-3)10(9)5-2;/h2*7-8,13H,4-6H2,1-3H3;/q;;+2/p-2. The number of hydrogen-bond donors (Lipinski definition) is 0. The fourth-order valence-electron chi connectivity index (χ4n) is 4.06. The Morgan fingerprint density at radius 1 is 0.519 bits per heavy atom. The van der Waals surface area contributed by atoms with E-state index in [4.69, 9.17) is 6.15 Å².